The molecule has 3 saturated carbocycles. The standard InChI is InChI=1S/C23H30N2O3/c1-21(2,3)14-4-6-15(7-5-14)23-8-16(23)11-25(12-23)19(26)17-9-22(10-18(17)22)13-28-20(24)27/h4-7,16-18H,8-13H2,1-3H3,(H2,24,27)/t16?,17-,18?,22-,23?/m1/s1. The smallest absolute Gasteiger partial charge is 0.404 e. The van der Waals surface area contributed by atoms with Crippen molar-refractivity contribution in [2.24, 2.45) is 28.9 Å². The van der Waals surface area contributed by atoms with Crippen LogP contribution in [0.5, 0.6) is 0 Å². The lowest BCUT2D eigenvalue weighted by Crippen LogP contribution is -2.44. The highest BCUT2D eigenvalue weighted by Crippen LogP contribution is 2.71. The molecule has 0 bridgehead atoms. The van der Waals surface area contributed by atoms with Gasteiger partial charge in [0.05, 0.1) is 6.61 Å². The molecule has 0 aromatic heterocycles. The number of nitrogens with two attached hydrogens (primary N) is 1. The minimum atomic E-state index is -0.714. The van der Waals surface area contributed by atoms with Crippen molar-refractivity contribution in [3.05, 3.63) is 35.4 Å². The second-order valence-corrected chi connectivity index (χ2v) is 10.7. The molecule has 2 amide bonds. The van der Waals surface area contributed by atoms with Crippen LogP contribution in [0.3, 0.4) is 0 Å². The Kier molecular flexibility index (Phi) is 3.55. The molecule has 5 rings (SSSR count). The Morgan fingerprint density at radius 1 is 1.18 bits per heavy atom. The van der Waals surface area contributed by atoms with Gasteiger partial charge in [-0.15, -0.1) is 0 Å². The molecule has 1 saturated heterocycles. The Bertz CT molecular complexity index is 842. The van der Waals surface area contributed by atoms with Gasteiger partial charge in [-0.3, -0.25) is 4.79 Å². The third-order valence-corrected chi connectivity index (χ3v) is 7.97. The molecule has 4 aliphatic rings. The molecule has 3 unspecified atom stereocenters. The summed E-state index contributed by atoms with van der Waals surface area (Å²) >= 11 is 0. The van der Waals surface area contributed by atoms with Crippen LogP contribution in [0.25, 0.3) is 0 Å². The molecule has 150 valence electrons. The maximum absolute atomic E-state index is 13.1. The number of rotatable bonds is 4. The van der Waals surface area contributed by atoms with Gasteiger partial charge in [0.25, 0.3) is 0 Å². The van der Waals surface area contributed by atoms with Crippen LogP contribution in [0, 0.1) is 23.2 Å². The van der Waals surface area contributed by atoms with Gasteiger partial charge >= 0.3 is 6.09 Å². The monoisotopic (exact) mass is 382 g/mol. The van der Waals surface area contributed by atoms with E-state index in [1.807, 2.05) is 0 Å². The van der Waals surface area contributed by atoms with Crippen molar-refractivity contribution < 1.29 is 14.3 Å². The number of likely N-dealkylation sites (tertiary alicyclic amines) is 1. The van der Waals surface area contributed by atoms with Crippen molar-refractivity contribution in [1.29, 1.82) is 0 Å². The van der Waals surface area contributed by atoms with E-state index in [0.717, 1.165) is 25.9 Å². The first-order valence-corrected chi connectivity index (χ1v) is 10.5. The van der Waals surface area contributed by atoms with Gasteiger partial charge in [0.15, 0.2) is 0 Å². The van der Waals surface area contributed by atoms with Crippen molar-refractivity contribution in [2.75, 3.05) is 19.7 Å². The van der Waals surface area contributed by atoms with Crippen molar-refractivity contribution >= 4 is 12.0 Å². The first-order chi connectivity index (χ1) is 13.1. The fourth-order valence-corrected chi connectivity index (χ4v) is 5.94. The van der Waals surface area contributed by atoms with Crippen LogP contribution in [0.2, 0.25) is 0 Å². The molecule has 1 heterocycles. The molecule has 5 nitrogen and oxygen atoms in total. The van der Waals surface area contributed by atoms with E-state index in [1.165, 1.54) is 17.5 Å². The second kappa shape index (κ2) is 5.52. The van der Waals surface area contributed by atoms with Crippen molar-refractivity contribution in [1.82, 2.24) is 4.90 Å². The van der Waals surface area contributed by atoms with Crippen molar-refractivity contribution in [3.63, 3.8) is 0 Å². The normalized spacial score (nSPS) is 37.5. The molecule has 5 heteroatoms. The summed E-state index contributed by atoms with van der Waals surface area (Å²) in [5, 5.41) is 0. The third-order valence-electron chi connectivity index (χ3n) is 7.97. The number of nitrogens with zero attached hydrogens (tertiary/aromatic N) is 1. The van der Waals surface area contributed by atoms with Crippen LogP contribution in [0.15, 0.2) is 24.3 Å². The van der Waals surface area contributed by atoms with Gasteiger partial charge in [-0.1, -0.05) is 45.0 Å². The lowest BCUT2D eigenvalue weighted by atomic mass is 9.74. The molecular weight excluding hydrogens is 352 g/mol. The second-order valence-electron chi connectivity index (χ2n) is 10.7. The fourth-order valence-electron chi connectivity index (χ4n) is 5.94. The van der Waals surface area contributed by atoms with Gasteiger partial charge in [-0.05, 0) is 47.6 Å². The van der Waals surface area contributed by atoms with Crippen LogP contribution in [-0.2, 0) is 20.4 Å². The van der Waals surface area contributed by atoms with E-state index >= 15 is 0 Å². The number of hydrogen-bond acceptors (Lipinski definition) is 3. The maximum Gasteiger partial charge on any atom is 0.404 e. The number of hydrogen-bond donors (Lipinski definition) is 1. The summed E-state index contributed by atoms with van der Waals surface area (Å²) < 4.78 is 4.99. The van der Waals surface area contributed by atoms with E-state index in [-0.39, 0.29) is 22.2 Å². The molecule has 4 fully saturated rings. The first kappa shape index (κ1) is 18.0. The zero-order valence-corrected chi connectivity index (χ0v) is 17.0. The van der Waals surface area contributed by atoms with Crippen LogP contribution in [0.4, 0.5) is 4.79 Å². The molecular formula is C23H30N2O3. The maximum atomic E-state index is 13.1. The third kappa shape index (κ3) is 2.58. The fraction of sp³-hybridized carbons (Fsp3) is 0.652. The first-order valence-electron chi connectivity index (χ1n) is 10.5. The molecule has 1 aromatic carbocycles. The summed E-state index contributed by atoms with van der Waals surface area (Å²) in [6, 6.07) is 9.08. The van der Waals surface area contributed by atoms with Crippen molar-refractivity contribution in [2.45, 2.75) is 50.9 Å². The van der Waals surface area contributed by atoms with E-state index in [4.69, 9.17) is 10.5 Å². The Morgan fingerprint density at radius 2 is 1.89 bits per heavy atom. The molecule has 5 atom stereocenters. The van der Waals surface area contributed by atoms with Crippen LogP contribution >= 0.6 is 0 Å². The number of carbonyl (C=O) groups is 2. The van der Waals surface area contributed by atoms with E-state index in [0.29, 0.717) is 24.3 Å². The zero-order valence-electron chi connectivity index (χ0n) is 17.0. The average Bonchev–Trinajstić information content (AvgIpc) is 3.43. The number of amides is 2. The van der Waals surface area contributed by atoms with Crippen LogP contribution in [-0.4, -0.2) is 36.6 Å². The Morgan fingerprint density at radius 3 is 2.50 bits per heavy atom. The number of fused-ring (bicyclic) bond motifs is 2. The number of benzene rings is 1. The molecule has 1 aromatic rings. The number of carbonyl (C=O) groups excluding carboxylic acids is 2. The highest BCUT2D eigenvalue weighted by molar-refractivity contribution is 5.82. The van der Waals surface area contributed by atoms with Crippen LogP contribution in [0.1, 0.15) is 51.2 Å². The summed E-state index contributed by atoms with van der Waals surface area (Å²) in [5.41, 5.74) is 8.23. The lowest BCUT2D eigenvalue weighted by Gasteiger charge is -2.36. The number of piperidine rings is 1. The van der Waals surface area contributed by atoms with E-state index in [2.05, 4.69) is 49.9 Å². The van der Waals surface area contributed by atoms with Gasteiger partial charge in [-0.25, -0.2) is 4.79 Å². The Labute approximate surface area is 166 Å². The summed E-state index contributed by atoms with van der Waals surface area (Å²) in [5.74, 6) is 1.43. The average molecular weight is 383 g/mol. The van der Waals surface area contributed by atoms with Gasteiger partial charge in [0.2, 0.25) is 5.91 Å². The molecule has 2 N–H and O–H groups in total. The molecule has 0 radical (unpaired) electrons. The summed E-state index contributed by atoms with van der Waals surface area (Å²) in [7, 11) is 0. The van der Waals surface area contributed by atoms with Crippen LogP contribution < -0.4 is 5.73 Å². The minimum Gasteiger partial charge on any atom is -0.449 e. The van der Waals surface area contributed by atoms with E-state index < -0.39 is 6.09 Å². The lowest BCUT2D eigenvalue weighted by molar-refractivity contribution is -0.140. The molecule has 1 aliphatic heterocycles. The SMILES string of the molecule is CC(C)(C)c1ccc(C23CC2CN(C(=O)[C@@H]2C[C@]4(COC(N)=O)CC24)C3)cc1. The van der Waals surface area contributed by atoms with Gasteiger partial charge in [0.1, 0.15) is 0 Å². The largest absolute Gasteiger partial charge is 0.449 e. The number of ether oxygens (including phenoxy) is 1. The minimum absolute atomic E-state index is 0.0540. The number of primary amides is 1. The highest BCUT2D eigenvalue weighted by Gasteiger charge is 2.71. The quantitative estimate of drug-likeness (QED) is 0.869. The molecule has 3 aliphatic carbocycles. The predicted octanol–water partition coefficient (Wildman–Crippen LogP) is 3.21. The van der Waals surface area contributed by atoms with Gasteiger partial charge < -0.3 is 15.4 Å². The highest BCUT2D eigenvalue weighted by atomic mass is 16.5. The van der Waals surface area contributed by atoms with E-state index in [1.54, 1.807) is 0 Å². The summed E-state index contributed by atoms with van der Waals surface area (Å²) in [6.07, 6.45) is 2.33. The zero-order chi connectivity index (χ0) is 19.9. The summed E-state index contributed by atoms with van der Waals surface area (Å²) in [6.45, 7) is 8.85. The van der Waals surface area contributed by atoms with Gasteiger partial charge in [0, 0.05) is 29.8 Å². The topological polar surface area (TPSA) is 72.6 Å². The van der Waals surface area contributed by atoms with E-state index in [9.17, 15) is 9.59 Å². The summed E-state index contributed by atoms with van der Waals surface area (Å²) in [4.78, 5) is 26.0. The molecule has 28 heavy (non-hydrogen) atoms. The van der Waals surface area contributed by atoms with Gasteiger partial charge in [-0.2, -0.15) is 0 Å². The molecule has 0 spiro atoms. The Hall–Kier alpha value is -2.04. The predicted molar refractivity (Wildman–Crippen MR) is 106 cm³/mol. The van der Waals surface area contributed by atoms with Crippen molar-refractivity contribution in [3.8, 4) is 0 Å². The Balaban J connectivity index is 1.22.